The van der Waals surface area contributed by atoms with Crippen LogP contribution in [0, 0.1) is 17.8 Å². The molecule has 0 radical (unpaired) electrons. The molecule has 0 saturated heterocycles. The zero-order chi connectivity index (χ0) is 10.8. The van der Waals surface area contributed by atoms with Gasteiger partial charge in [-0.15, -0.1) is 0 Å². The summed E-state index contributed by atoms with van der Waals surface area (Å²) in [6.45, 7) is 4.49. The van der Waals surface area contributed by atoms with Crippen molar-refractivity contribution in [3.05, 3.63) is 11.6 Å². The predicted octanol–water partition coefficient (Wildman–Crippen LogP) is 3.74. The SMILES string of the molecule is CC(C)CCC1C(=O)CCC=C1C1CC1. The smallest absolute Gasteiger partial charge is 0.140 e. The summed E-state index contributed by atoms with van der Waals surface area (Å²) in [5.41, 5.74) is 1.51. The van der Waals surface area contributed by atoms with Gasteiger partial charge in [0.1, 0.15) is 5.78 Å². The highest BCUT2D eigenvalue weighted by Crippen LogP contribution is 2.44. The minimum atomic E-state index is 0.300. The van der Waals surface area contributed by atoms with E-state index in [2.05, 4.69) is 19.9 Å². The lowest BCUT2D eigenvalue weighted by Crippen LogP contribution is -2.22. The van der Waals surface area contributed by atoms with Crippen molar-refractivity contribution < 1.29 is 4.79 Å². The summed E-state index contributed by atoms with van der Waals surface area (Å²) < 4.78 is 0. The number of hydrogen-bond donors (Lipinski definition) is 0. The molecule has 1 unspecified atom stereocenters. The Morgan fingerprint density at radius 1 is 1.40 bits per heavy atom. The first kappa shape index (κ1) is 10.9. The first-order chi connectivity index (χ1) is 7.18. The molecule has 1 atom stereocenters. The average molecular weight is 206 g/mol. The highest BCUT2D eigenvalue weighted by molar-refractivity contribution is 5.85. The molecule has 0 aromatic heterocycles. The molecule has 0 aromatic carbocycles. The van der Waals surface area contributed by atoms with E-state index in [-0.39, 0.29) is 0 Å². The molecule has 1 saturated carbocycles. The van der Waals surface area contributed by atoms with Gasteiger partial charge in [0, 0.05) is 12.3 Å². The van der Waals surface area contributed by atoms with Gasteiger partial charge in [0.15, 0.2) is 0 Å². The van der Waals surface area contributed by atoms with Crippen LogP contribution in [0.25, 0.3) is 0 Å². The van der Waals surface area contributed by atoms with Crippen molar-refractivity contribution >= 4 is 5.78 Å². The van der Waals surface area contributed by atoms with Crippen LogP contribution in [-0.2, 0) is 4.79 Å². The molecule has 1 heteroatoms. The second-order valence-corrected chi connectivity index (χ2v) is 5.51. The van der Waals surface area contributed by atoms with E-state index in [0.29, 0.717) is 11.7 Å². The summed E-state index contributed by atoms with van der Waals surface area (Å²) in [5.74, 6) is 2.32. The predicted molar refractivity (Wildman–Crippen MR) is 62.6 cm³/mol. The largest absolute Gasteiger partial charge is 0.299 e. The van der Waals surface area contributed by atoms with E-state index in [9.17, 15) is 4.79 Å². The standard InChI is InChI=1S/C14H22O/c1-10(2)6-9-13-12(11-7-8-11)4-3-5-14(13)15/h4,10-11,13H,3,5-9H2,1-2H3. The fourth-order valence-electron chi connectivity index (χ4n) is 2.58. The lowest BCUT2D eigenvalue weighted by atomic mass is 9.80. The Morgan fingerprint density at radius 2 is 2.13 bits per heavy atom. The van der Waals surface area contributed by atoms with Crippen molar-refractivity contribution in [2.24, 2.45) is 17.8 Å². The van der Waals surface area contributed by atoms with E-state index < -0.39 is 0 Å². The molecule has 2 aliphatic rings. The van der Waals surface area contributed by atoms with Gasteiger partial charge in [-0.2, -0.15) is 0 Å². The van der Waals surface area contributed by atoms with Crippen LogP contribution >= 0.6 is 0 Å². The topological polar surface area (TPSA) is 17.1 Å². The van der Waals surface area contributed by atoms with Crippen molar-refractivity contribution in [3.8, 4) is 0 Å². The van der Waals surface area contributed by atoms with Gasteiger partial charge >= 0.3 is 0 Å². The summed E-state index contributed by atoms with van der Waals surface area (Å²) in [6.07, 6.45) is 9.11. The molecule has 0 amide bonds. The molecular formula is C14H22O. The highest BCUT2D eigenvalue weighted by atomic mass is 16.1. The van der Waals surface area contributed by atoms with E-state index in [4.69, 9.17) is 0 Å². The van der Waals surface area contributed by atoms with Crippen molar-refractivity contribution in [3.63, 3.8) is 0 Å². The van der Waals surface area contributed by atoms with Gasteiger partial charge in [0.05, 0.1) is 0 Å². The van der Waals surface area contributed by atoms with E-state index in [1.165, 1.54) is 24.8 Å². The minimum absolute atomic E-state index is 0.300. The maximum atomic E-state index is 11.9. The van der Waals surface area contributed by atoms with Gasteiger partial charge in [-0.1, -0.05) is 25.5 Å². The van der Waals surface area contributed by atoms with E-state index in [1.807, 2.05) is 0 Å². The van der Waals surface area contributed by atoms with Gasteiger partial charge in [-0.3, -0.25) is 4.79 Å². The molecule has 0 N–H and O–H groups in total. The Kier molecular flexibility index (Phi) is 3.28. The maximum absolute atomic E-state index is 11.9. The molecular weight excluding hydrogens is 184 g/mol. The van der Waals surface area contributed by atoms with Gasteiger partial charge in [0.2, 0.25) is 0 Å². The molecule has 15 heavy (non-hydrogen) atoms. The third kappa shape index (κ3) is 2.70. The normalized spacial score (nSPS) is 27.0. The zero-order valence-electron chi connectivity index (χ0n) is 9.96. The minimum Gasteiger partial charge on any atom is -0.299 e. The van der Waals surface area contributed by atoms with Gasteiger partial charge < -0.3 is 0 Å². The first-order valence-corrected chi connectivity index (χ1v) is 6.41. The number of carbonyl (C=O) groups excluding carboxylic acids is 1. The summed E-state index contributed by atoms with van der Waals surface area (Å²) in [6, 6.07) is 0. The summed E-state index contributed by atoms with van der Waals surface area (Å²) in [7, 11) is 0. The fourth-order valence-corrected chi connectivity index (χ4v) is 2.58. The number of Topliss-reactive ketones (excluding diaryl/α,β-unsaturated/α-hetero) is 1. The third-order valence-corrected chi connectivity index (χ3v) is 3.64. The van der Waals surface area contributed by atoms with E-state index in [0.717, 1.165) is 31.1 Å². The van der Waals surface area contributed by atoms with Crippen molar-refractivity contribution in [1.82, 2.24) is 0 Å². The van der Waals surface area contributed by atoms with Crippen LogP contribution in [0.5, 0.6) is 0 Å². The summed E-state index contributed by atoms with van der Waals surface area (Å²) in [4.78, 5) is 11.9. The second kappa shape index (κ2) is 4.51. The highest BCUT2D eigenvalue weighted by Gasteiger charge is 2.35. The Balaban J connectivity index is 2.00. The molecule has 0 bridgehead atoms. The van der Waals surface area contributed by atoms with Crippen LogP contribution in [0.2, 0.25) is 0 Å². The van der Waals surface area contributed by atoms with Crippen LogP contribution in [0.1, 0.15) is 52.4 Å². The molecule has 2 aliphatic carbocycles. The number of hydrogen-bond acceptors (Lipinski definition) is 1. The Bertz CT molecular complexity index is 271. The Labute approximate surface area is 92.9 Å². The van der Waals surface area contributed by atoms with Crippen LogP contribution in [0.4, 0.5) is 0 Å². The molecule has 0 aromatic rings. The number of ketones is 1. The van der Waals surface area contributed by atoms with E-state index >= 15 is 0 Å². The lowest BCUT2D eigenvalue weighted by molar-refractivity contribution is -0.122. The number of allylic oxidation sites excluding steroid dienone is 2. The molecule has 0 aliphatic heterocycles. The quantitative estimate of drug-likeness (QED) is 0.640. The molecule has 0 heterocycles. The Hall–Kier alpha value is -0.590. The van der Waals surface area contributed by atoms with Crippen LogP contribution < -0.4 is 0 Å². The van der Waals surface area contributed by atoms with Gasteiger partial charge in [0.25, 0.3) is 0 Å². The third-order valence-electron chi connectivity index (χ3n) is 3.64. The lowest BCUT2D eigenvalue weighted by Gasteiger charge is -2.24. The second-order valence-electron chi connectivity index (χ2n) is 5.51. The fraction of sp³-hybridized carbons (Fsp3) is 0.786. The first-order valence-electron chi connectivity index (χ1n) is 6.41. The summed E-state index contributed by atoms with van der Waals surface area (Å²) in [5, 5.41) is 0. The van der Waals surface area contributed by atoms with Crippen LogP contribution in [0.3, 0.4) is 0 Å². The van der Waals surface area contributed by atoms with Crippen LogP contribution in [-0.4, -0.2) is 5.78 Å². The van der Waals surface area contributed by atoms with Crippen LogP contribution in [0.15, 0.2) is 11.6 Å². The molecule has 84 valence electrons. The Morgan fingerprint density at radius 3 is 2.73 bits per heavy atom. The monoisotopic (exact) mass is 206 g/mol. The van der Waals surface area contributed by atoms with Gasteiger partial charge in [-0.05, 0) is 43.9 Å². The summed E-state index contributed by atoms with van der Waals surface area (Å²) >= 11 is 0. The van der Waals surface area contributed by atoms with Crippen molar-refractivity contribution in [2.75, 3.05) is 0 Å². The number of carbonyl (C=O) groups is 1. The van der Waals surface area contributed by atoms with Crippen molar-refractivity contribution in [1.29, 1.82) is 0 Å². The van der Waals surface area contributed by atoms with E-state index in [1.54, 1.807) is 0 Å². The molecule has 0 spiro atoms. The maximum Gasteiger partial charge on any atom is 0.140 e. The molecule has 2 rings (SSSR count). The van der Waals surface area contributed by atoms with Crippen molar-refractivity contribution in [2.45, 2.75) is 52.4 Å². The zero-order valence-corrected chi connectivity index (χ0v) is 9.96. The van der Waals surface area contributed by atoms with Gasteiger partial charge in [-0.25, -0.2) is 0 Å². The number of rotatable bonds is 4. The average Bonchev–Trinajstić information content (AvgIpc) is 2.98. The molecule has 1 fully saturated rings. The molecule has 1 nitrogen and oxygen atoms in total.